The molecule has 0 radical (unpaired) electrons. The number of aromatic nitrogens is 2. The third kappa shape index (κ3) is 3.27. The van der Waals surface area contributed by atoms with Crippen molar-refractivity contribution in [2.24, 2.45) is 4.99 Å². The molecule has 1 aliphatic carbocycles. The molecule has 3 aromatic carbocycles. The van der Waals surface area contributed by atoms with E-state index < -0.39 is 0 Å². The van der Waals surface area contributed by atoms with E-state index in [2.05, 4.69) is 80.8 Å². The molecule has 0 spiro atoms. The maximum Gasteiger partial charge on any atom is 0.179 e. The summed E-state index contributed by atoms with van der Waals surface area (Å²) in [6, 6.07) is 21.7. The molecule has 2 aliphatic rings. The van der Waals surface area contributed by atoms with E-state index in [9.17, 15) is 0 Å². The number of thiocarbonyl (C=S) groups is 1. The Morgan fingerprint density at radius 3 is 2.68 bits per heavy atom. The van der Waals surface area contributed by atoms with Crippen LogP contribution in [0.5, 0.6) is 0 Å². The van der Waals surface area contributed by atoms with Crippen molar-refractivity contribution in [1.82, 2.24) is 15.3 Å². The predicted octanol–water partition coefficient (Wildman–Crippen LogP) is 5.49. The van der Waals surface area contributed by atoms with Gasteiger partial charge in [0, 0.05) is 5.69 Å². The monoisotopic (exact) mass is 425 g/mol. The van der Waals surface area contributed by atoms with Gasteiger partial charge < -0.3 is 15.2 Å². The summed E-state index contributed by atoms with van der Waals surface area (Å²) in [6.07, 6.45) is 6.55. The molecule has 0 amide bonds. The molecule has 6 heteroatoms. The zero-order valence-electron chi connectivity index (χ0n) is 17.1. The number of H-pyrrole nitrogens is 1. The van der Waals surface area contributed by atoms with Crippen LogP contribution in [0.3, 0.4) is 0 Å². The Bertz CT molecular complexity index is 1320. The minimum atomic E-state index is -0.0749. The first-order valence-electron chi connectivity index (χ1n) is 10.9. The highest BCUT2D eigenvalue weighted by molar-refractivity contribution is 7.80. The Morgan fingerprint density at radius 2 is 1.81 bits per heavy atom. The van der Waals surface area contributed by atoms with E-state index in [-0.39, 0.29) is 6.04 Å². The Labute approximate surface area is 186 Å². The topological polar surface area (TPSA) is 56.3 Å². The van der Waals surface area contributed by atoms with Crippen molar-refractivity contribution in [3.05, 3.63) is 72.6 Å². The fourth-order valence-electron chi connectivity index (χ4n) is 4.83. The number of aliphatic imine (C=N–C) groups is 1. The van der Waals surface area contributed by atoms with Crippen LogP contribution in [0.15, 0.2) is 72.0 Å². The minimum absolute atomic E-state index is 0.0749. The number of hydrogen-bond donors (Lipinski definition) is 2. The van der Waals surface area contributed by atoms with Gasteiger partial charge in [0.15, 0.2) is 5.11 Å². The molecule has 1 saturated heterocycles. The molecular weight excluding hydrogens is 402 g/mol. The molecule has 2 fully saturated rings. The number of rotatable bonds is 3. The largest absolute Gasteiger partial charge is 0.345 e. The van der Waals surface area contributed by atoms with Gasteiger partial charge >= 0.3 is 0 Å². The van der Waals surface area contributed by atoms with Gasteiger partial charge in [-0.1, -0.05) is 49.2 Å². The Kier molecular flexibility index (Phi) is 4.46. The van der Waals surface area contributed by atoms with E-state index in [1.807, 2.05) is 0 Å². The first kappa shape index (κ1) is 18.5. The quantitative estimate of drug-likeness (QED) is 0.426. The molecule has 6 rings (SSSR count). The van der Waals surface area contributed by atoms with Crippen LogP contribution in [-0.4, -0.2) is 27.0 Å². The second kappa shape index (κ2) is 7.46. The molecule has 31 heavy (non-hydrogen) atoms. The van der Waals surface area contributed by atoms with E-state index in [0.717, 1.165) is 35.4 Å². The molecule has 0 bridgehead atoms. The highest BCUT2D eigenvalue weighted by Crippen LogP contribution is 2.35. The van der Waals surface area contributed by atoms with E-state index in [1.54, 1.807) is 6.33 Å². The number of aromatic amines is 1. The van der Waals surface area contributed by atoms with Crippen LogP contribution < -0.4 is 10.2 Å². The van der Waals surface area contributed by atoms with Crippen molar-refractivity contribution in [3.63, 3.8) is 0 Å². The maximum atomic E-state index is 5.82. The van der Waals surface area contributed by atoms with Crippen molar-refractivity contribution in [1.29, 1.82) is 0 Å². The molecule has 1 aromatic heterocycles. The number of benzene rings is 3. The second-order valence-electron chi connectivity index (χ2n) is 8.37. The zero-order valence-corrected chi connectivity index (χ0v) is 17.9. The summed E-state index contributed by atoms with van der Waals surface area (Å²) >= 11 is 5.82. The first-order valence-corrected chi connectivity index (χ1v) is 11.3. The molecule has 1 saturated carbocycles. The fourth-order valence-corrected chi connectivity index (χ4v) is 5.15. The number of anilines is 1. The molecule has 154 valence electrons. The first-order chi connectivity index (χ1) is 15.3. The van der Waals surface area contributed by atoms with Crippen molar-refractivity contribution in [2.75, 3.05) is 4.90 Å². The third-order valence-electron chi connectivity index (χ3n) is 6.39. The van der Waals surface area contributed by atoms with Gasteiger partial charge in [0.05, 0.1) is 23.4 Å². The van der Waals surface area contributed by atoms with Gasteiger partial charge in [0.25, 0.3) is 0 Å². The van der Waals surface area contributed by atoms with Gasteiger partial charge in [-0.3, -0.25) is 4.99 Å². The summed E-state index contributed by atoms with van der Waals surface area (Å²) in [5.41, 5.74) is 4.15. The average Bonchev–Trinajstić information content (AvgIpc) is 3.53. The standard InChI is InChI=1S/C25H23N5S/c31-25-29-24(28-19-7-3-4-8-19)23(18-10-9-16-5-1-2-6-17(16)13-18)30(25)20-11-12-21-22(14-20)27-15-26-21/h1-2,5-6,9-15,19,23H,3-4,7-8H2,(H,26,27)(H,28,29,31). The molecule has 4 aromatic rings. The van der Waals surface area contributed by atoms with Gasteiger partial charge in [-0.2, -0.15) is 0 Å². The average molecular weight is 426 g/mol. The summed E-state index contributed by atoms with van der Waals surface area (Å²) in [5, 5.41) is 6.59. The molecule has 2 heterocycles. The van der Waals surface area contributed by atoms with Gasteiger partial charge in [-0.15, -0.1) is 0 Å². The number of nitrogens with zero attached hydrogens (tertiary/aromatic N) is 3. The van der Waals surface area contributed by atoms with Gasteiger partial charge in [-0.05, 0) is 65.7 Å². The summed E-state index contributed by atoms with van der Waals surface area (Å²) in [5.74, 6) is 0.953. The van der Waals surface area contributed by atoms with Crippen molar-refractivity contribution < 1.29 is 0 Å². The zero-order chi connectivity index (χ0) is 20.8. The molecule has 2 N–H and O–H groups in total. The lowest BCUT2D eigenvalue weighted by Crippen LogP contribution is -2.29. The minimum Gasteiger partial charge on any atom is -0.345 e. The summed E-state index contributed by atoms with van der Waals surface area (Å²) in [4.78, 5) is 14.9. The lowest BCUT2D eigenvalue weighted by atomic mass is 10.00. The van der Waals surface area contributed by atoms with Crippen LogP contribution in [0.2, 0.25) is 0 Å². The lowest BCUT2D eigenvalue weighted by Gasteiger charge is -2.25. The number of hydrogen-bond acceptors (Lipinski definition) is 3. The van der Waals surface area contributed by atoms with Crippen molar-refractivity contribution >= 4 is 50.7 Å². The Morgan fingerprint density at radius 1 is 0.968 bits per heavy atom. The normalized spacial score (nSPS) is 20.9. The molecule has 1 aliphatic heterocycles. The molecule has 1 atom stereocenters. The molecule has 1 unspecified atom stereocenters. The van der Waals surface area contributed by atoms with Crippen LogP contribution in [0.1, 0.15) is 37.3 Å². The summed E-state index contributed by atoms with van der Waals surface area (Å²) in [6.45, 7) is 0. The SMILES string of the molecule is S=C1N/C(=N\C2CCCC2)C(c2ccc3ccccc3c2)N1c1ccc2[nH]cnc2c1. The maximum absolute atomic E-state index is 5.82. The number of nitrogens with one attached hydrogen (secondary N) is 2. The number of imidazole rings is 1. The van der Waals surface area contributed by atoms with Crippen molar-refractivity contribution in [3.8, 4) is 0 Å². The lowest BCUT2D eigenvalue weighted by molar-refractivity contribution is 0.698. The van der Waals surface area contributed by atoms with Crippen LogP contribution in [0.25, 0.3) is 21.8 Å². The Hall–Kier alpha value is -3.25. The fraction of sp³-hybridized carbons (Fsp3) is 0.240. The molecular formula is C25H23N5S. The van der Waals surface area contributed by atoms with Crippen molar-refractivity contribution in [2.45, 2.75) is 37.8 Å². The van der Waals surface area contributed by atoms with Gasteiger partial charge in [0.1, 0.15) is 11.9 Å². The highest BCUT2D eigenvalue weighted by atomic mass is 32.1. The summed E-state index contributed by atoms with van der Waals surface area (Å²) in [7, 11) is 0. The van der Waals surface area contributed by atoms with Crippen LogP contribution >= 0.6 is 12.2 Å². The van der Waals surface area contributed by atoms with E-state index in [4.69, 9.17) is 17.2 Å². The number of amidine groups is 1. The molecule has 5 nitrogen and oxygen atoms in total. The summed E-state index contributed by atoms with van der Waals surface area (Å²) < 4.78 is 0. The van der Waals surface area contributed by atoms with Crippen LogP contribution in [-0.2, 0) is 0 Å². The smallest absolute Gasteiger partial charge is 0.179 e. The van der Waals surface area contributed by atoms with Crippen LogP contribution in [0, 0.1) is 0 Å². The van der Waals surface area contributed by atoms with E-state index in [1.165, 1.54) is 29.2 Å². The highest BCUT2D eigenvalue weighted by Gasteiger charge is 2.37. The Balaban J connectivity index is 1.49. The third-order valence-corrected chi connectivity index (χ3v) is 6.69. The van der Waals surface area contributed by atoms with Gasteiger partial charge in [-0.25, -0.2) is 4.98 Å². The van der Waals surface area contributed by atoms with Crippen LogP contribution in [0.4, 0.5) is 5.69 Å². The van der Waals surface area contributed by atoms with Gasteiger partial charge in [0.2, 0.25) is 0 Å². The second-order valence-corrected chi connectivity index (χ2v) is 8.75. The van der Waals surface area contributed by atoms with E-state index >= 15 is 0 Å². The van der Waals surface area contributed by atoms with E-state index in [0.29, 0.717) is 11.2 Å². The number of fused-ring (bicyclic) bond motifs is 2. The predicted molar refractivity (Wildman–Crippen MR) is 131 cm³/mol.